The molecule has 0 fully saturated rings. The SMILES string of the molecule is NC(=O)CN(c1ccccc1)c1ccnc2c(C(=O)c3cccs3)cnn12. The highest BCUT2D eigenvalue weighted by atomic mass is 32.1. The summed E-state index contributed by atoms with van der Waals surface area (Å²) in [5, 5.41) is 6.20. The predicted octanol–water partition coefficient (Wildman–Crippen LogP) is 2.65. The Morgan fingerprint density at radius 2 is 1.93 bits per heavy atom. The van der Waals surface area contributed by atoms with Crippen LogP contribution >= 0.6 is 11.3 Å². The van der Waals surface area contributed by atoms with Crippen molar-refractivity contribution in [1.29, 1.82) is 0 Å². The Morgan fingerprint density at radius 1 is 1.11 bits per heavy atom. The lowest BCUT2D eigenvalue weighted by atomic mass is 10.2. The Hall–Kier alpha value is -3.52. The molecule has 0 atom stereocenters. The summed E-state index contributed by atoms with van der Waals surface area (Å²) in [6.45, 7) is -0.0306. The molecule has 0 saturated carbocycles. The van der Waals surface area contributed by atoms with Crippen LogP contribution in [-0.2, 0) is 4.79 Å². The topological polar surface area (TPSA) is 93.6 Å². The van der Waals surface area contributed by atoms with Gasteiger partial charge in [0.05, 0.1) is 16.6 Å². The first-order valence-electron chi connectivity index (χ1n) is 8.17. The number of anilines is 2. The molecule has 3 heterocycles. The Bertz CT molecular complexity index is 1110. The fraction of sp³-hybridized carbons (Fsp3) is 0.0526. The molecule has 4 aromatic rings. The van der Waals surface area contributed by atoms with Crippen molar-refractivity contribution in [2.24, 2.45) is 5.73 Å². The number of nitrogens with zero attached hydrogens (tertiary/aromatic N) is 4. The molecular weight excluding hydrogens is 362 g/mol. The number of amides is 1. The van der Waals surface area contributed by atoms with E-state index in [0.29, 0.717) is 21.9 Å². The lowest BCUT2D eigenvalue weighted by Gasteiger charge is -2.23. The third kappa shape index (κ3) is 3.18. The first kappa shape index (κ1) is 16.9. The van der Waals surface area contributed by atoms with E-state index in [1.807, 2.05) is 41.8 Å². The summed E-state index contributed by atoms with van der Waals surface area (Å²) in [4.78, 5) is 31.1. The molecule has 0 spiro atoms. The molecule has 2 N–H and O–H groups in total. The van der Waals surface area contributed by atoms with Gasteiger partial charge in [0, 0.05) is 11.9 Å². The number of carbonyl (C=O) groups is 2. The maximum atomic E-state index is 12.7. The van der Waals surface area contributed by atoms with E-state index in [1.54, 1.807) is 27.7 Å². The fourth-order valence-electron chi connectivity index (χ4n) is 2.85. The van der Waals surface area contributed by atoms with E-state index in [0.717, 1.165) is 5.69 Å². The number of aromatic nitrogens is 3. The second-order valence-corrected chi connectivity index (χ2v) is 6.74. The number of benzene rings is 1. The van der Waals surface area contributed by atoms with Crippen molar-refractivity contribution in [3.8, 4) is 0 Å². The van der Waals surface area contributed by atoms with Crippen LogP contribution in [-0.4, -0.2) is 32.8 Å². The van der Waals surface area contributed by atoms with Crippen LogP contribution in [0.3, 0.4) is 0 Å². The zero-order valence-electron chi connectivity index (χ0n) is 14.1. The lowest BCUT2D eigenvalue weighted by molar-refractivity contribution is -0.116. The number of primary amides is 1. The molecule has 0 unspecified atom stereocenters. The van der Waals surface area contributed by atoms with E-state index in [2.05, 4.69) is 10.1 Å². The van der Waals surface area contributed by atoms with Gasteiger partial charge in [-0.05, 0) is 29.6 Å². The highest BCUT2D eigenvalue weighted by molar-refractivity contribution is 7.12. The van der Waals surface area contributed by atoms with E-state index in [4.69, 9.17) is 5.73 Å². The van der Waals surface area contributed by atoms with Gasteiger partial charge in [-0.2, -0.15) is 9.61 Å². The van der Waals surface area contributed by atoms with Crippen molar-refractivity contribution in [2.75, 3.05) is 11.4 Å². The van der Waals surface area contributed by atoms with Crippen molar-refractivity contribution >= 4 is 40.2 Å². The standard InChI is InChI=1S/C19H15N5O2S/c20-16(25)12-23(13-5-2-1-3-6-13)17-8-9-21-19-14(11-22-24(17)19)18(26)15-7-4-10-27-15/h1-11H,12H2,(H2,20,25). The molecule has 0 radical (unpaired) electrons. The summed E-state index contributed by atoms with van der Waals surface area (Å²) >= 11 is 1.37. The molecule has 0 aliphatic rings. The number of para-hydroxylation sites is 1. The van der Waals surface area contributed by atoms with E-state index in [-0.39, 0.29) is 12.3 Å². The Kier molecular flexibility index (Phi) is 4.39. The average Bonchev–Trinajstić information content (AvgIpc) is 3.36. The van der Waals surface area contributed by atoms with Gasteiger partial charge in [-0.3, -0.25) is 9.59 Å². The van der Waals surface area contributed by atoms with Crippen molar-refractivity contribution in [2.45, 2.75) is 0 Å². The van der Waals surface area contributed by atoms with Crippen molar-refractivity contribution in [3.63, 3.8) is 0 Å². The summed E-state index contributed by atoms with van der Waals surface area (Å²) in [6.07, 6.45) is 3.09. The molecule has 0 bridgehead atoms. The number of rotatable bonds is 6. The number of thiophene rings is 1. The molecule has 0 aliphatic heterocycles. The number of hydrogen-bond acceptors (Lipinski definition) is 6. The van der Waals surface area contributed by atoms with Gasteiger partial charge in [-0.25, -0.2) is 4.98 Å². The molecule has 134 valence electrons. The van der Waals surface area contributed by atoms with Crippen LogP contribution in [0.25, 0.3) is 5.65 Å². The molecule has 7 nitrogen and oxygen atoms in total. The average molecular weight is 377 g/mol. The molecule has 0 saturated heterocycles. The molecule has 1 amide bonds. The van der Waals surface area contributed by atoms with Crippen LogP contribution in [0.5, 0.6) is 0 Å². The summed E-state index contributed by atoms with van der Waals surface area (Å²) in [7, 11) is 0. The Balaban J connectivity index is 1.84. The number of fused-ring (bicyclic) bond motifs is 1. The summed E-state index contributed by atoms with van der Waals surface area (Å²) in [5.74, 6) is -0.0214. The van der Waals surface area contributed by atoms with Crippen molar-refractivity contribution in [1.82, 2.24) is 14.6 Å². The van der Waals surface area contributed by atoms with Gasteiger partial charge < -0.3 is 10.6 Å². The van der Waals surface area contributed by atoms with Gasteiger partial charge in [0.2, 0.25) is 11.7 Å². The molecule has 27 heavy (non-hydrogen) atoms. The zero-order chi connectivity index (χ0) is 18.8. The van der Waals surface area contributed by atoms with E-state index >= 15 is 0 Å². The highest BCUT2D eigenvalue weighted by Crippen LogP contribution is 2.26. The molecular formula is C19H15N5O2S. The van der Waals surface area contributed by atoms with Gasteiger partial charge in [-0.15, -0.1) is 11.3 Å². The van der Waals surface area contributed by atoms with E-state index < -0.39 is 5.91 Å². The van der Waals surface area contributed by atoms with Crippen LogP contribution < -0.4 is 10.6 Å². The monoisotopic (exact) mass is 377 g/mol. The second-order valence-electron chi connectivity index (χ2n) is 5.79. The maximum Gasteiger partial charge on any atom is 0.237 e. The predicted molar refractivity (Wildman–Crippen MR) is 103 cm³/mol. The normalized spacial score (nSPS) is 10.8. The van der Waals surface area contributed by atoms with E-state index in [1.165, 1.54) is 17.5 Å². The van der Waals surface area contributed by atoms with Crippen molar-refractivity contribution in [3.05, 3.63) is 76.7 Å². The third-order valence-corrected chi connectivity index (χ3v) is 4.90. The van der Waals surface area contributed by atoms with Crippen LogP contribution in [0.1, 0.15) is 15.2 Å². The summed E-state index contributed by atoms with van der Waals surface area (Å²) in [6, 6.07) is 14.7. The van der Waals surface area contributed by atoms with Crippen molar-refractivity contribution < 1.29 is 9.59 Å². The van der Waals surface area contributed by atoms with Gasteiger partial charge in [0.1, 0.15) is 12.4 Å². The number of carbonyl (C=O) groups excluding carboxylic acids is 2. The quantitative estimate of drug-likeness (QED) is 0.521. The summed E-state index contributed by atoms with van der Waals surface area (Å²) in [5.41, 5.74) is 7.07. The minimum atomic E-state index is -0.481. The third-order valence-electron chi connectivity index (χ3n) is 4.03. The molecule has 3 aromatic heterocycles. The summed E-state index contributed by atoms with van der Waals surface area (Å²) < 4.78 is 1.55. The number of nitrogens with two attached hydrogens (primary N) is 1. The first-order chi connectivity index (χ1) is 13.1. The Labute approximate surface area is 158 Å². The van der Waals surface area contributed by atoms with Crippen LogP contribution in [0.2, 0.25) is 0 Å². The van der Waals surface area contributed by atoms with Gasteiger partial charge >= 0.3 is 0 Å². The molecule has 4 rings (SSSR count). The highest BCUT2D eigenvalue weighted by Gasteiger charge is 2.21. The molecule has 0 aliphatic carbocycles. The van der Waals surface area contributed by atoms with Gasteiger partial charge in [-0.1, -0.05) is 24.3 Å². The Morgan fingerprint density at radius 3 is 2.63 bits per heavy atom. The largest absolute Gasteiger partial charge is 0.368 e. The van der Waals surface area contributed by atoms with Crippen LogP contribution in [0.15, 0.2) is 66.3 Å². The lowest BCUT2D eigenvalue weighted by Crippen LogP contribution is -2.31. The minimum absolute atomic E-state index is 0.0306. The number of ketones is 1. The minimum Gasteiger partial charge on any atom is -0.368 e. The molecule has 8 heteroatoms. The second kappa shape index (κ2) is 7.00. The van der Waals surface area contributed by atoms with Crippen LogP contribution in [0.4, 0.5) is 11.5 Å². The van der Waals surface area contributed by atoms with Crippen LogP contribution in [0, 0.1) is 0 Å². The maximum absolute atomic E-state index is 12.7. The molecule has 1 aromatic carbocycles. The van der Waals surface area contributed by atoms with Gasteiger partial charge in [0.15, 0.2) is 5.65 Å². The fourth-order valence-corrected chi connectivity index (χ4v) is 3.53. The number of hydrogen-bond donors (Lipinski definition) is 1. The van der Waals surface area contributed by atoms with E-state index in [9.17, 15) is 9.59 Å². The zero-order valence-corrected chi connectivity index (χ0v) is 15.0. The van der Waals surface area contributed by atoms with Gasteiger partial charge in [0.25, 0.3) is 0 Å². The smallest absolute Gasteiger partial charge is 0.237 e. The first-order valence-corrected chi connectivity index (χ1v) is 9.05.